The highest BCUT2D eigenvalue weighted by atomic mass is 79.9. The SMILES string of the molecule is Br.COc1cc(N)c2c3c1O[C@H]1C[C@@H]([O-])C=C[C@@]31CC[N+](C)=C2. The molecule has 2 heterocycles. The first-order chi connectivity index (χ1) is 10.5. The molecular weight excluding hydrogens is 360 g/mol. The van der Waals surface area contributed by atoms with Gasteiger partial charge in [0.15, 0.2) is 17.7 Å². The number of benzene rings is 1. The van der Waals surface area contributed by atoms with Crippen molar-refractivity contribution in [1.29, 1.82) is 0 Å². The standard InChI is InChI=1S/C17H19N2O3.BrH/c1-19-6-5-17-4-3-10(20)7-14(17)22-16-13(21-2)8-12(18)11(9-19)15(16)17;/h3-4,8-10,14,18H,5-7H2,1-2H3;1H/q-1;/p+1/t10-,14-,17-;/m0./s1. The molecular formula is C17H21BrN2O3. The smallest absolute Gasteiger partial charge is 0.173 e. The van der Waals surface area contributed by atoms with E-state index in [-0.39, 0.29) is 28.5 Å². The molecule has 0 aromatic heterocycles. The largest absolute Gasteiger partial charge is 0.849 e. The molecule has 23 heavy (non-hydrogen) atoms. The third kappa shape index (κ3) is 2.19. The van der Waals surface area contributed by atoms with Crippen molar-refractivity contribution in [2.75, 3.05) is 26.4 Å². The molecule has 1 spiro atoms. The highest BCUT2D eigenvalue weighted by molar-refractivity contribution is 8.93. The van der Waals surface area contributed by atoms with Crippen molar-refractivity contribution < 1.29 is 19.2 Å². The molecule has 2 aliphatic heterocycles. The molecule has 0 saturated heterocycles. The molecule has 0 saturated carbocycles. The van der Waals surface area contributed by atoms with Crippen LogP contribution in [0.2, 0.25) is 0 Å². The van der Waals surface area contributed by atoms with Crippen molar-refractivity contribution in [3.63, 3.8) is 0 Å². The number of methoxy groups -OCH3 is 1. The van der Waals surface area contributed by atoms with Crippen LogP contribution in [0, 0.1) is 0 Å². The lowest BCUT2D eigenvalue weighted by atomic mass is 9.69. The lowest BCUT2D eigenvalue weighted by molar-refractivity contribution is -0.493. The van der Waals surface area contributed by atoms with E-state index in [0.717, 1.165) is 29.8 Å². The van der Waals surface area contributed by atoms with Gasteiger partial charge >= 0.3 is 0 Å². The van der Waals surface area contributed by atoms with E-state index in [1.807, 2.05) is 13.1 Å². The van der Waals surface area contributed by atoms with Crippen LogP contribution in [0.25, 0.3) is 0 Å². The molecule has 0 fully saturated rings. The van der Waals surface area contributed by atoms with E-state index in [1.165, 1.54) is 0 Å². The van der Waals surface area contributed by atoms with Gasteiger partial charge in [0.25, 0.3) is 0 Å². The summed E-state index contributed by atoms with van der Waals surface area (Å²) in [6.45, 7) is 0.892. The fraction of sp³-hybridized carbons (Fsp3) is 0.471. The molecule has 1 aromatic rings. The summed E-state index contributed by atoms with van der Waals surface area (Å²) in [6, 6.07) is 1.81. The predicted molar refractivity (Wildman–Crippen MR) is 92.2 cm³/mol. The van der Waals surface area contributed by atoms with Gasteiger partial charge in [0.1, 0.15) is 19.7 Å². The molecule has 1 aliphatic carbocycles. The zero-order valence-corrected chi connectivity index (χ0v) is 15.0. The average molecular weight is 381 g/mol. The normalized spacial score (nSPS) is 30.3. The Balaban J connectivity index is 0.00000156. The topological polar surface area (TPSA) is 70.6 Å². The lowest BCUT2D eigenvalue weighted by Crippen LogP contribution is -2.45. The molecule has 5 nitrogen and oxygen atoms in total. The molecule has 3 aliphatic rings. The molecule has 6 heteroatoms. The minimum absolute atomic E-state index is 0. The fourth-order valence-electron chi connectivity index (χ4n) is 3.99. The van der Waals surface area contributed by atoms with Crippen LogP contribution in [0.15, 0.2) is 18.2 Å². The maximum absolute atomic E-state index is 11.9. The van der Waals surface area contributed by atoms with Gasteiger partial charge in [-0.2, -0.15) is 0 Å². The Morgan fingerprint density at radius 3 is 3.00 bits per heavy atom. The van der Waals surface area contributed by atoms with Crippen molar-refractivity contribution in [3.8, 4) is 11.5 Å². The first kappa shape index (κ1) is 16.3. The molecule has 1 aromatic carbocycles. The van der Waals surface area contributed by atoms with E-state index in [2.05, 4.69) is 16.9 Å². The van der Waals surface area contributed by atoms with Crippen molar-refractivity contribution in [3.05, 3.63) is 29.3 Å². The first-order valence-electron chi connectivity index (χ1n) is 7.63. The number of nitrogens with zero attached hydrogens (tertiary/aromatic N) is 1. The minimum atomic E-state index is -0.707. The van der Waals surface area contributed by atoms with Gasteiger partial charge < -0.3 is 20.3 Å². The summed E-state index contributed by atoms with van der Waals surface area (Å²) in [5.74, 6) is 1.40. The molecule has 0 bridgehead atoms. The van der Waals surface area contributed by atoms with E-state index in [1.54, 1.807) is 13.2 Å². The Labute approximate surface area is 146 Å². The second-order valence-electron chi connectivity index (χ2n) is 6.43. The van der Waals surface area contributed by atoms with Gasteiger partial charge in [-0.15, -0.1) is 29.2 Å². The molecule has 0 amide bonds. The third-order valence-corrected chi connectivity index (χ3v) is 5.12. The molecule has 0 radical (unpaired) electrons. The van der Waals surface area contributed by atoms with Crippen LogP contribution in [0.3, 0.4) is 0 Å². The zero-order chi connectivity index (χ0) is 15.5. The Morgan fingerprint density at radius 1 is 1.48 bits per heavy atom. The zero-order valence-electron chi connectivity index (χ0n) is 13.2. The summed E-state index contributed by atoms with van der Waals surface area (Å²) in [5.41, 5.74) is 8.77. The van der Waals surface area contributed by atoms with E-state index in [4.69, 9.17) is 15.2 Å². The summed E-state index contributed by atoms with van der Waals surface area (Å²) < 4.78 is 13.8. The highest BCUT2D eigenvalue weighted by Gasteiger charge is 2.52. The molecule has 2 N–H and O–H groups in total. The van der Waals surface area contributed by atoms with Crippen LogP contribution >= 0.6 is 17.0 Å². The van der Waals surface area contributed by atoms with Crippen molar-refractivity contribution in [2.24, 2.45) is 0 Å². The quantitative estimate of drug-likeness (QED) is 0.448. The number of halogens is 1. The van der Waals surface area contributed by atoms with Gasteiger partial charge in [0.05, 0.1) is 18.1 Å². The summed E-state index contributed by atoms with van der Waals surface area (Å²) in [6.07, 6.45) is 6.45. The Kier molecular flexibility index (Phi) is 3.92. The maximum atomic E-state index is 11.9. The highest BCUT2D eigenvalue weighted by Crippen LogP contribution is 2.55. The van der Waals surface area contributed by atoms with E-state index in [0.29, 0.717) is 17.9 Å². The summed E-state index contributed by atoms with van der Waals surface area (Å²) in [5, 5.41) is 11.9. The van der Waals surface area contributed by atoms with Crippen LogP contribution in [-0.4, -0.2) is 43.7 Å². The Bertz CT molecular complexity index is 716. The Morgan fingerprint density at radius 2 is 2.26 bits per heavy atom. The molecule has 4 rings (SSSR count). The van der Waals surface area contributed by atoms with E-state index >= 15 is 0 Å². The Hall–Kier alpha value is -1.53. The van der Waals surface area contributed by atoms with E-state index < -0.39 is 6.10 Å². The van der Waals surface area contributed by atoms with Crippen molar-refractivity contribution in [1.82, 2.24) is 0 Å². The number of hydrogen-bond acceptors (Lipinski definition) is 4. The monoisotopic (exact) mass is 380 g/mol. The van der Waals surface area contributed by atoms with Crippen LogP contribution in [0.5, 0.6) is 11.5 Å². The number of nitrogen functional groups attached to an aromatic ring is 1. The van der Waals surface area contributed by atoms with Gasteiger partial charge in [-0.05, 0) is 6.42 Å². The summed E-state index contributed by atoms with van der Waals surface area (Å²) in [4.78, 5) is 0. The fourth-order valence-corrected chi connectivity index (χ4v) is 3.99. The van der Waals surface area contributed by atoms with Crippen LogP contribution in [-0.2, 0) is 5.41 Å². The third-order valence-electron chi connectivity index (χ3n) is 5.12. The number of anilines is 1. The summed E-state index contributed by atoms with van der Waals surface area (Å²) >= 11 is 0. The second kappa shape index (κ2) is 5.53. The molecule has 124 valence electrons. The lowest BCUT2D eigenvalue weighted by Gasteiger charge is -2.38. The predicted octanol–water partition coefficient (Wildman–Crippen LogP) is 1.01. The van der Waals surface area contributed by atoms with Crippen LogP contribution < -0.4 is 20.3 Å². The van der Waals surface area contributed by atoms with Crippen molar-refractivity contribution in [2.45, 2.75) is 30.5 Å². The molecule has 0 unspecified atom stereocenters. The van der Waals surface area contributed by atoms with Gasteiger partial charge in [-0.1, -0.05) is 6.08 Å². The number of hydrogen-bond donors (Lipinski definition) is 1. The minimum Gasteiger partial charge on any atom is -0.849 e. The van der Waals surface area contributed by atoms with Crippen molar-refractivity contribution >= 4 is 28.9 Å². The van der Waals surface area contributed by atoms with Gasteiger partial charge in [-0.25, -0.2) is 4.58 Å². The number of nitrogens with two attached hydrogens (primary N) is 1. The van der Waals surface area contributed by atoms with Gasteiger partial charge in [-0.3, -0.25) is 0 Å². The average Bonchev–Trinajstić information content (AvgIpc) is 2.74. The molecule has 3 atom stereocenters. The van der Waals surface area contributed by atoms with Crippen LogP contribution in [0.4, 0.5) is 5.69 Å². The van der Waals surface area contributed by atoms with E-state index in [9.17, 15) is 5.11 Å². The summed E-state index contributed by atoms with van der Waals surface area (Å²) in [7, 11) is 3.67. The first-order valence-corrected chi connectivity index (χ1v) is 7.63. The number of ether oxygens (including phenoxy) is 2. The second-order valence-corrected chi connectivity index (χ2v) is 6.43. The number of rotatable bonds is 1. The van der Waals surface area contributed by atoms with Crippen LogP contribution in [0.1, 0.15) is 24.0 Å². The van der Waals surface area contributed by atoms with Gasteiger partial charge in [0.2, 0.25) is 0 Å². The maximum Gasteiger partial charge on any atom is 0.173 e. The van der Waals surface area contributed by atoms with Gasteiger partial charge in [0, 0.05) is 23.7 Å².